The van der Waals surface area contributed by atoms with E-state index in [-0.39, 0.29) is 12.1 Å². The zero-order valence-corrected chi connectivity index (χ0v) is 19.5. The minimum absolute atomic E-state index is 0.0462. The van der Waals surface area contributed by atoms with E-state index in [0.29, 0.717) is 24.7 Å². The Balaban J connectivity index is 1.32. The van der Waals surface area contributed by atoms with E-state index >= 15 is 0 Å². The molecule has 2 aromatic rings. The summed E-state index contributed by atoms with van der Waals surface area (Å²) in [4.78, 5) is 26.9. The van der Waals surface area contributed by atoms with Crippen molar-refractivity contribution in [3.8, 4) is 0 Å². The summed E-state index contributed by atoms with van der Waals surface area (Å²) in [5, 5.41) is 9.30. The van der Waals surface area contributed by atoms with Crippen molar-refractivity contribution in [2.45, 2.75) is 51.5 Å². The molecule has 1 saturated carbocycles. The van der Waals surface area contributed by atoms with Gasteiger partial charge in [0.05, 0.1) is 11.2 Å². The van der Waals surface area contributed by atoms with Crippen LogP contribution < -0.4 is 10.2 Å². The van der Waals surface area contributed by atoms with Crippen LogP contribution in [-0.4, -0.2) is 60.5 Å². The predicted octanol–water partition coefficient (Wildman–Crippen LogP) is 4.84. The molecule has 2 heterocycles. The first-order valence-electron chi connectivity index (χ1n) is 11.7. The molecular formula is C24H32ClN5O2. The molecule has 172 valence electrons. The van der Waals surface area contributed by atoms with Gasteiger partial charge in [0.15, 0.2) is 0 Å². The van der Waals surface area contributed by atoms with Crippen LogP contribution in [0.4, 0.5) is 10.5 Å². The number of pyridine rings is 1. The van der Waals surface area contributed by atoms with Crippen LogP contribution in [0.2, 0.25) is 5.02 Å². The smallest absolute Gasteiger partial charge is 0.317 e. The van der Waals surface area contributed by atoms with Gasteiger partial charge in [0.1, 0.15) is 6.61 Å². The van der Waals surface area contributed by atoms with Crippen LogP contribution in [-0.2, 0) is 4.84 Å². The van der Waals surface area contributed by atoms with Gasteiger partial charge in [-0.25, -0.2) is 4.79 Å². The Morgan fingerprint density at radius 2 is 2.03 bits per heavy atom. The number of nitrogens with zero attached hydrogens (tertiary/aromatic N) is 4. The van der Waals surface area contributed by atoms with Gasteiger partial charge in [0.2, 0.25) is 0 Å². The minimum Gasteiger partial charge on any atom is -0.396 e. The first-order valence-corrected chi connectivity index (χ1v) is 12.0. The number of oxime groups is 1. The third-order valence-corrected chi connectivity index (χ3v) is 6.52. The predicted molar refractivity (Wildman–Crippen MR) is 130 cm³/mol. The van der Waals surface area contributed by atoms with Gasteiger partial charge in [0, 0.05) is 54.5 Å². The van der Waals surface area contributed by atoms with Gasteiger partial charge in [0.25, 0.3) is 0 Å². The van der Waals surface area contributed by atoms with Crippen LogP contribution in [0, 0.1) is 0 Å². The fourth-order valence-electron chi connectivity index (χ4n) is 4.52. The summed E-state index contributed by atoms with van der Waals surface area (Å²) in [6.45, 7) is 5.54. The van der Waals surface area contributed by atoms with E-state index in [9.17, 15) is 4.79 Å². The zero-order chi connectivity index (χ0) is 22.3. The zero-order valence-electron chi connectivity index (χ0n) is 18.7. The lowest BCUT2D eigenvalue weighted by atomic mass is 9.95. The molecule has 1 aromatic heterocycles. The van der Waals surface area contributed by atoms with Crippen LogP contribution in [0.15, 0.2) is 35.6 Å². The molecule has 8 heteroatoms. The lowest BCUT2D eigenvalue weighted by Crippen LogP contribution is -2.53. The van der Waals surface area contributed by atoms with Crippen LogP contribution in [0.1, 0.15) is 45.4 Å². The Labute approximate surface area is 194 Å². The molecule has 2 fully saturated rings. The molecule has 1 aromatic carbocycles. The maximum absolute atomic E-state index is 12.9. The number of aromatic nitrogens is 1. The summed E-state index contributed by atoms with van der Waals surface area (Å²) < 4.78 is 0. The maximum Gasteiger partial charge on any atom is 0.317 e. The molecular weight excluding hydrogens is 426 g/mol. The summed E-state index contributed by atoms with van der Waals surface area (Å²) in [6.07, 6.45) is 7.86. The van der Waals surface area contributed by atoms with Crippen molar-refractivity contribution in [1.29, 1.82) is 0 Å². The van der Waals surface area contributed by atoms with Gasteiger partial charge in [-0.15, -0.1) is 0 Å². The van der Waals surface area contributed by atoms with Crippen LogP contribution >= 0.6 is 11.6 Å². The second kappa shape index (κ2) is 10.9. The van der Waals surface area contributed by atoms with Crippen molar-refractivity contribution in [1.82, 2.24) is 15.2 Å². The molecule has 2 aliphatic rings. The first-order chi connectivity index (χ1) is 15.6. The molecule has 1 unspecified atom stereocenters. The van der Waals surface area contributed by atoms with Crippen molar-refractivity contribution >= 4 is 39.9 Å². The molecule has 4 rings (SSSR count). The highest BCUT2D eigenvalue weighted by Gasteiger charge is 2.25. The van der Waals surface area contributed by atoms with Gasteiger partial charge in [-0.2, -0.15) is 0 Å². The number of piperazine rings is 1. The molecule has 32 heavy (non-hydrogen) atoms. The van der Waals surface area contributed by atoms with E-state index in [2.05, 4.69) is 20.4 Å². The number of fused-ring (bicyclic) bond motifs is 1. The van der Waals surface area contributed by atoms with E-state index in [1.807, 2.05) is 42.3 Å². The van der Waals surface area contributed by atoms with Crippen LogP contribution in [0.25, 0.3) is 10.9 Å². The number of hydrogen-bond acceptors (Lipinski definition) is 5. The fraction of sp³-hybridized carbons (Fsp3) is 0.542. The number of amides is 2. The molecule has 1 saturated heterocycles. The Morgan fingerprint density at radius 1 is 1.19 bits per heavy atom. The number of anilines is 1. The highest BCUT2D eigenvalue weighted by molar-refractivity contribution is 6.31. The monoisotopic (exact) mass is 457 g/mol. The standard InChI is InChI=1S/C24H32ClN5O2/c1-2-32-28-20-6-4-3-5-19(8-9-20)27-24(31)30-15-13-29(14-16-30)23-11-12-26-22-17-18(25)7-10-21(22)23/h7,10-12,17,19H,2-6,8-9,13-16H2,1H3,(H,27,31)/b28-20+. The average Bonchev–Trinajstić information content (AvgIpc) is 2.80. The third kappa shape index (κ3) is 5.63. The quantitative estimate of drug-likeness (QED) is 0.667. The molecule has 1 aliphatic carbocycles. The van der Waals surface area contributed by atoms with Crippen molar-refractivity contribution < 1.29 is 9.63 Å². The summed E-state index contributed by atoms with van der Waals surface area (Å²) in [6, 6.07) is 8.10. The third-order valence-electron chi connectivity index (χ3n) is 6.29. The molecule has 2 amide bonds. The second-order valence-corrected chi connectivity index (χ2v) is 8.91. The number of urea groups is 1. The van der Waals surface area contributed by atoms with E-state index in [0.717, 1.165) is 73.9 Å². The number of hydrogen-bond donors (Lipinski definition) is 1. The van der Waals surface area contributed by atoms with E-state index in [4.69, 9.17) is 16.4 Å². The lowest BCUT2D eigenvalue weighted by molar-refractivity contribution is 0.157. The van der Waals surface area contributed by atoms with Crippen molar-refractivity contribution in [2.24, 2.45) is 5.16 Å². The largest absolute Gasteiger partial charge is 0.396 e. The number of benzene rings is 1. The molecule has 7 nitrogen and oxygen atoms in total. The molecule has 0 radical (unpaired) electrons. The van der Waals surface area contributed by atoms with Crippen LogP contribution in [0.5, 0.6) is 0 Å². The van der Waals surface area contributed by atoms with Crippen LogP contribution in [0.3, 0.4) is 0 Å². The SMILES string of the molecule is CCO/N=C1\CCCCC(NC(=O)N2CCN(c3ccnc4cc(Cl)ccc34)CC2)CC1. The molecule has 1 aliphatic heterocycles. The first kappa shape index (κ1) is 22.6. The average molecular weight is 458 g/mol. The molecule has 0 spiro atoms. The van der Waals surface area contributed by atoms with E-state index in [1.165, 1.54) is 0 Å². The minimum atomic E-state index is 0.0462. The second-order valence-electron chi connectivity index (χ2n) is 8.47. The fourth-order valence-corrected chi connectivity index (χ4v) is 4.69. The van der Waals surface area contributed by atoms with E-state index < -0.39 is 0 Å². The van der Waals surface area contributed by atoms with Gasteiger partial charge in [-0.1, -0.05) is 23.2 Å². The number of nitrogens with one attached hydrogen (secondary N) is 1. The van der Waals surface area contributed by atoms with Gasteiger partial charge < -0.3 is 20.0 Å². The Kier molecular flexibility index (Phi) is 7.68. The highest BCUT2D eigenvalue weighted by Crippen LogP contribution is 2.28. The summed E-state index contributed by atoms with van der Waals surface area (Å²) in [5.74, 6) is 0. The molecule has 0 bridgehead atoms. The van der Waals surface area contributed by atoms with Gasteiger partial charge >= 0.3 is 6.03 Å². The summed E-state index contributed by atoms with van der Waals surface area (Å²) in [5.41, 5.74) is 3.16. The molecule has 1 atom stereocenters. The van der Waals surface area contributed by atoms with Gasteiger partial charge in [-0.05, 0) is 63.3 Å². The normalized spacial score (nSPS) is 21.3. The number of halogens is 1. The van der Waals surface area contributed by atoms with Gasteiger partial charge in [-0.3, -0.25) is 4.98 Å². The summed E-state index contributed by atoms with van der Waals surface area (Å²) in [7, 11) is 0. The summed E-state index contributed by atoms with van der Waals surface area (Å²) >= 11 is 6.12. The maximum atomic E-state index is 12.9. The number of carbonyl (C=O) groups excluding carboxylic acids is 1. The van der Waals surface area contributed by atoms with Crippen molar-refractivity contribution in [2.75, 3.05) is 37.7 Å². The highest BCUT2D eigenvalue weighted by atomic mass is 35.5. The Bertz CT molecular complexity index is 959. The number of carbonyl (C=O) groups is 1. The Hall–Kier alpha value is -2.54. The number of rotatable bonds is 4. The van der Waals surface area contributed by atoms with Crippen molar-refractivity contribution in [3.63, 3.8) is 0 Å². The van der Waals surface area contributed by atoms with Crippen molar-refractivity contribution in [3.05, 3.63) is 35.5 Å². The molecule has 1 N–H and O–H groups in total. The van der Waals surface area contributed by atoms with E-state index in [1.54, 1.807) is 0 Å². The Morgan fingerprint density at radius 3 is 2.84 bits per heavy atom. The lowest BCUT2D eigenvalue weighted by Gasteiger charge is -2.37. The topological polar surface area (TPSA) is 70.1 Å².